The molecule has 1 saturated carbocycles. The van der Waals surface area contributed by atoms with E-state index >= 15 is 0 Å². The van der Waals surface area contributed by atoms with Gasteiger partial charge in [0.15, 0.2) is 5.78 Å². The Kier molecular flexibility index (Phi) is 5.21. The fourth-order valence-corrected chi connectivity index (χ4v) is 3.33. The molecule has 1 aliphatic heterocycles. The normalized spacial score (nSPS) is 21.0. The van der Waals surface area contributed by atoms with E-state index in [0.717, 1.165) is 29.5 Å². The summed E-state index contributed by atoms with van der Waals surface area (Å²) in [6, 6.07) is 7.96. The predicted molar refractivity (Wildman–Crippen MR) is 101 cm³/mol. The van der Waals surface area contributed by atoms with Crippen molar-refractivity contribution >= 4 is 17.9 Å². The lowest BCUT2D eigenvalue weighted by Gasteiger charge is -2.35. The van der Waals surface area contributed by atoms with Crippen molar-refractivity contribution in [3.8, 4) is 0 Å². The van der Waals surface area contributed by atoms with Crippen LogP contribution in [0.15, 0.2) is 52.8 Å². The molecule has 0 aromatic heterocycles. The number of benzene rings is 1. The van der Waals surface area contributed by atoms with Crippen LogP contribution in [0.2, 0.25) is 0 Å². The smallest absolute Gasteiger partial charge is 0.270 e. The molecule has 1 aliphatic carbocycles. The summed E-state index contributed by atoms with van der Waals surface area (Å²) in [5, 5.41) is 0. The summed E-state index contributed by atoms with van der Waals surface area (Å²) in [4.78, 5) is 30.5. The van der Waals surface area contributed by atoms with Crippen LogP contribution in [-0.4, -0.2) is 36.4 Å². The molecule has 1 atom stereocenters. The van der Waals surface area contributed by atoms with Crippen molar-refractivity contribution in [1.82, 2.24) is 4.90 Å². The van der Waals surface area contributed by atoms with Crippen LogP contribution in [0, 0.1) is 5.92 Å². The number of aliphatic imine (C=N–C) groups is 1. The third kappa shape index (κ3) is 3.69. The van der Waals surface area contributed by atoms with Crippen molar-refractivity contribution in [1.29, 1.82) is 0 Å². The van der Waals surface area contributed by atoms with Gasteiger partial charge in [-0.15, -0.1) is 0 Å². The van der Waals surface area contributed by atoms with Gasteiger partial charge in [0.25, 0.3) is 5.91 Å². The molecule has 1 aromatic rings. The van der Waals surface area contributed by atoms with E-state index in [9.17, 15) is 9.59 Å². The standard InChI is InChI=1S/C20H24N4O2/c1-23-10-15(9-21)17-12-24(11-14-4-2-3-5-16(14)17)20(26)18(22)8-19(25)13-6-7-13/h2-5,8-10,13,17H,6-7,11-12,21-22H2,1H3/b15-9+,18-8-,23-10?. The van der Waals surface area contributed by atoms with E-state index in [4.69, 9.17) is 11.5 Å². The molecule has 1 aromatic carbocycles. The fraction of sp³-hybridized carbons (Fsp3) is 0.350. The minimum atomic E-state index is -0.316. The minimum absolute atomic E-state index is 0.00229. The monoisotopic (exact) mass is 352 g/mol. The van der Waals surface area contributed by atoms with Gasteiger partial charge in [0.1, 0.15) is 5.70 Å². The second-order valence-electron chi connectivity index (χ2n) is 6.77. The minimum Gasteiger partial charge on any atom is -0.404 e. The number of hydrogen-bond donors (Lipinski definition) is 2. The Balaban J connectivity index is 1.88. The van der Waals surface area contributed by atoms with Crippen molar-refractivity contribution in [2.45, 2.75) is 25.3 Å². The summed E-state index contributed by atoms with van der Waals surface area (Å²) in [5.41, 5.74) is 14.7. The van der Waals surface area contributed by atoms with Crippen molar-refractivity contribution in [2.75, 3.05) is 13.6 Å². The van der Waals surface area contributed by atoms with Crippen LogP contribution >= 0.6 is 0 Å². The number of carbonyl (C=O) groups excluding carboxylic acids is 2. The molecule has 1 unspecified atom stereocenters. The average molecular weight is 352 g/mol. The summed E-state index contributed by atoms with van der Waals surface area (Å²) in [5.74, 6) is -0.401. The summed E-state index contributed by atoms with van der Waals surface area (Å²) in [6.07, 6.45) is 6.31. The number of hydrogen-bond acceptors (Lipinski definition) is 5. The summed E-state index contributed by atoms with van der Waals surface area (Å²) >= 11 is 0. The first-order chi connectivity index (χ1) is 12.5. The molecule has 4 N–H and O–H groups in total. The molecule has 26 heavy (non-hydrogen) atoms. The van der Waals surface area contributed by atoms with Gasteiger partial charge < -0.3 is 16.4 Å². The second kappa shape index (κ2) is 7.56. The molecule has 1 fully saturated rings. The lowest BCUT2D eigenvalue weighted by molar-refractivity contribution is -0.128. The van der Waals surface area contributed by atoms with Gasteiger partial charge in [0.2, 0.25) is 0 Å². The lowest BCUT2D eigenvalue weighted by Crippen LogP contribution is -2.41. The molecule has 2 aliphatic rings. The summed E-state index contributed by atoms with van der Waals surface area (Å²) in [7, 11) is 1.69. The number of carbonyl (C=O) groups is 2. The van der Waals surface area contributed by atoms with Crippen LogP contribution in [0.4, 0.5) is 0 Å². The van der Waals surface area contributed by atoms with Crippen LogP contribution in [-0.2, 0) is 16.1 Å². The highest BCUT2D eigenvalue weighted by molar-refractivity contribution is 6.02. The Labute approximate surface area is 153 Å². The number of ketones is 1. The molecule has 136 valence electrons. The van der Waals surface area contributed by atoms with Crippen LogP contribution in [0.25, 0.3) is 0 Å². The maximum Gasteiger partial charge on any atom is 0.270 e. The summed E-state index contributed by atoms with van der Waals surface area (Å²) in [6.45, 7) is 0.899. The summed E-state index contributed by atoms with van der Waals surface area (Å²) < 4.78 is 0. The topological polar surface area (TPSA) is 102 Å². The molecule has 6 nitrogen and oxygen atoms in total. The molecule has 3 rings (SSSR count). The third-order valence-electron chi connectivity index (χ3n) is 4.88. The zero-order valence-electron chi connectivity index (χ0n) is 14.9. The Bertz CT molecular complexity index is 806. The number of amides is 1. The predicted octanol–water partition coefficient (Wildman–Crippen LogP) is 1.48. The van der Waals surface area contributed by atoms with Crippen molar-refractivity contribution in [3.05, 3.63) is 58.9 Å². The molecule has 1 heterocycles. The second-order valence-corrected chi connectivity index (χ2v) is 6.77. The first-order valence-corrected chi connectivity index (χ1v) is 8.77. The number of nitrogens with zero attached hydrogens (tertiary/aromatic N) is 2. The number of allylic oxidation sites excluding steroid dienone is 1. The molecule has 0 saturated heterocycles. The first-order valence-electron chi connectivity index (χ1n) is 8.77. The van der Waals surface area contributed by atoms with Gasteiger partial charge in [-0.2, -0.15) is 0 Å². The van der Waals surface area contributed by atoms with E-state index in [0.29, 0.717) is 13.1 Å². The zero-order chi connectivity index (χ0) is 18.7. The van der Waals surface area contributed by atoms with E-state index in [-0.39, 0.29) is 29.2 Å². The fourth-order valence-electron chi connectivity index (χ4n) is 3.33. The first kappa shape index (κ1) is 17.9. The van der Waals surface area contributed by atoms with Crippen molar-refractivity contribution in [3.63, 3.8) is 0 Å². The van der Waals surface area contributed by atoms with Gasteiger partial charge in [-0.05, 0) is 35.7 Å². The Morgan fingerprint density at radius 2 is 2.00 bits per heavy atom. The molecule has 6 heteroatoms. The molecule has 0 radical (unpaired) electrons. The highest BCUT2D eigenvalue weighted by Crippen LogP contribution is 2.33. The Hall–Kier alpha value is -2.89. The zero-order valence-corrected chi connectivity index (χ0v) is 14.9. The van der Waals surface area contributed by atoms with Crippen molar-refractivity contribution in [2.24, 2.45) is 22.4 Å². The maximum atomic E-state index is 12.8. The van der Waals surface area contributed by atoms with Crippen LogP contribution < -0.4 is 11.5 Å². The number of rotatable bonds is 5. The van der Waals surface area contributed by atoms with Gasteiger partial charge in [-0.3, -0.25) is 14.6 Å². The maximum absolute atomic E-state index is 12.8. The molecule has 0 spiro atoms. The van der Waals surface area contributed by atoms with Gasteiger partial charge in [0, 0.05) is 44.3 Å². The van der Waals surface area contributed by atoms with Gasteiger partial charge in [-0.1, -0.05) is 24.3 Å². The molecule has 1 amide bonds. The van der Waals surface area contributed by atoms with E-state index < -0.39 is 0 Å². The van der Waals surface area contributed by atoms with E-state index in [1.165, 1.54) is 12.3 Å². The average Bonchev–Trinajstić information content (AvgIpc) is 3.50. The highest BCUT2D eigenvalue weighted by atomic mass is 16.2. The third-order valence-corrected chi connectivity index (χ3v) is 4.88. The van der Waals surface area contributed by atoms with E-state index in [1.807, 2.05) is 24.3 Å². The highest BCUT2D eigenvalue weighted by Gasteiger charge is 2.32. The van der Waals surface area contributed by atoms with Crippen LogP contribution in [0.3, 0.4) is 0 Å². The largest absolute Gasteiger partial charge is 0.404 e. The van der Waals surface area contributed by atoms with Crippen LogP contribution in [0.5, 0.6) is 0 Å². The van der Waals surface area contributed by atoms with E-state index in [2.05, 4.69) is 4.99 Å². The Morgan fingerprint density at radius 1 is 1.27 bits per heavy atom. The quantitative estimate of drug-likeness (QED) is 0.619. The number of fused-ring (bicyclic) bond motifs is 1. The lowest BCUT2D eigenvalue weighted by atomic mass is 9.85. The number of nitrogens with two attached hydrogens (primary N) is 2. The SMILES string of the molecule is CN=C/C(=C\N)C1CN(C(=O)/C(N)=C/C(=O)C2CC2)Cc2ccccc21. The van der Waals surface area contributed by atoms with Crippen molar-refractivity contribution < 1.29 is 9.59 Å². The van der Waals surface area contributed by atoms with Gasteiger partial charge >= 0.3 is 0 Å². The Morgan fingerprint density at radius 3 is 2.65 bits per heavy atom. The van der Waals surface area contributed by atoms with Gasteiger partial charge in [0.05, 0.1) is 0 Å². The van der Waals surface area contributed by atoms with Crippen LogP contribution in [0.1, 0.15) is 29.9 Å². The molecular formula is C20H24N4O2. The molecule has 0 bridgehead atoms. The van der Waals surface area contributed by atoms with Gasteiger partial charge in [-0.25, -0.2) is 0 Å². The molecular weight excluding hydrogens is 328 g/mol. The van der Waals surface area contributed by atoms with E-state index in [1.54, 1.807) is 18.2 Å².